The summed E-state index contributed by atoms with van der Waals surface area (Å²) in [6.07, 6.45) is -6.19. The maximum atomic E-state index is 11.9. The van der Waals surface area contributed by atoms with Gasteiger partial charge in [-0.05, 0) is 12.1 Å². The molecule has 0 aliphatic heterocycles. The van der Waals surface area contributed by atoms with Gasteiger partial charge < -0.3 is 9.84 Å². The fraction of sp³-hybridized carbons (Fsp3) is 0.200. The van der Waals surface area contributed by atoms with Crippen molar-refractivity contribution >= 4 is 41.0 Å². The van der Waals surface area contributed by atoms with Crippen molar-refractivity contribution in [3.63, 3.8) is 0 Å². The lowest BCUT2D eigenvalue weighted by Gasteiger charge is -2.12. The summed E-state index contributed by atoms with van der Waals surface area (Å²) in [6, 6.07) is 2.10. The van der Waals surface area contributed by atoms with Crippen molar-refractivity contribution in [2.24, 2.45) is 0 Å². The minimum Gasteiger partial charge on any atom is -0.478 e. The van der Waals surface area contributed by atoms with Gasteiger partial charge in [0.1, 0.15) is 0 Å². The number of anilines is 1. The lowest BCUT2D eigenvalue weighted by Crippen LogP contribution is -2.24. The lowest BCUT2D eigenvalue weighted by molar-refractivity contribution is -0.159. The van der Waals surface area contributed by atoms with Gasteiger partial charge in [0.2, 0.25) is 0 Å². The van der Waals surface area contributed by atoms with E-state index < -0.39 is 36.1 Å². The number of hydrogen-bond donors (Lipinski definition) is 2. The molecule has 10 heteroatoms. The molecule has 110 valence electrons. The maximum Gasteiger partial charge on any atom is 0.422 e. The second-order valence-electron chi connectivity index (χ2n) is 3.43. The third-order valence-electron chi connectivity index (χ3n) is 1.88. The fourth-order valence-corrected chi connectivity index (χ4v) is 1.70. The average Bonchev–Trinajstić information content (AvgIpc) is 2.28. The number of carboxylic acid groups (broad SMARTS) is 1. The van der Waals surface area contributed by atoms with E-state index in [-0.39, 0.29) is 10.0 Å². The number of ether oxygens (including phenoxy) is 1. The molecule has 1 amide bonds. The number of alkyl halides is 3. The van der Waals surface area contributed by atoms with Crippen LogP contribution < -0.4 is 5.32 Å². The summed E-state index contributed by atoms with van der Waals surface area (Å²) >= 11 is 11.3. The van der Waals surface area contributed by atoms with E-state index >= 15 is 0 Å². The SMILES string of the molecule is O=C(Nc1c(Cl)cc(Cl)cc1C(=O)O)OCC(F)(F)F. The van der Waals surface area contributed by atoms with E-state index in [0.29, 0.717) is 0 Å². The molecule has 0 radical (unpaired) electrons. The summed E-state index contributed by atoms with van der Waals surface area (Å²) in [5.74, 6) is -1.47. The van der Waals surface area contributed by atoms with Gasteiger partial charge in [-0.2, -0.15) is 13.2 Å². The van der Waals surface area contributed by atoms with E-state index in [9.17, 15) is 22.8 Å². The second-order valence-corrected chi connectivity index (χ2v) is 4.28. The quantitative estimate of drug-likeness (QED) is 0.883. The molecular weight excluding hydrogens is 326 g/mol. The number of aromatic carboxylic acids is 1. The molecule has 0 aliphatic rings. The molecule has 0 heterocycles. The Morgan fingerprint density at radius 1 is 1.30 bits per heavy atom. The Morgan fingerprint density at radius 3 is 2.40 bits per heavy atom. The Kier molecular flexibility index (Phi) is 5.07. The van der Waals surface area contributed by atoms with Gasteiger partial charge in [-0.1, -0.05) is 23.2 Å². The van der Waals surface area contributed by atoms with E-state index in [0.717, 1.165) is 12.1 Å². The summed E-state index contributed by atoms with van der Waals surface area (Å²) < 4.78 is 39.4. The number of hydrogen-bond acceptors (Lipinski definition) is 3. The monoisotopic (exact) mass is 331 g/mol. The minimum atomic E-state index is -4.70. The van der Waals surface area contributed by atoms with E-state index in [1.807, 2.05) is 5.32 Å². The van der Waals surface area contributed by atoms with Crippen LogP contribution in [0.1, 0.15) is 10.4 Å². The summed E-state index contributed by atoms with van der Waals surface area (Å²) in [5, 5.41) is 10.5. The van der Waals surface area contributed by atoms with Crippen molar-refractivity contribution in [3.8, 4) is 0 Å². The molecule has 0 spiro atoms. The highest BCUT2D eigenvalue weighted by molar-refractivity contribution is 6.37. The van der Waals surface area contributed by atoms with Gasteiger partial charge in [-0.3, -0.25) is 5.32 Å². The maximum absolute atomic E-state index is 11.9. The molecule has 0 aliphatic carbocycles. The molecule has 1 aromatic rings. The molecule has 0 fully saturated rings. The summed E-state index contributed by atoms with van der Waals surface area (Å²) in [6.45, 7) is -1.81. The van der Waals surface area contributed by atoms with Crippen molar-refractivity contribution in [2.45, 2.75) is 6.18 Å². The predicted octanol–water partition coefficient (Wildman–Crippen LogP) is 3.80. The Morgan fingerprint density at radius 2 is 1.90 bits per heavy atom. The van der Waals surface area contributed by atoms with E-state index in [1.54, 1.807) is 0 Å². The van der Waals surface area contributed by atoms with Gasteiger partial charge in [0.05, 0.1) is 16.3 Å². The molecule has 0 bridgehead atoms. The van der Waals surface area contributed by atoms with Gasteiger partial charge >= 0.3 is 18.2 Å². The topological polar surface area (TPSA) is 75.6 Å². The van der Waals surface area contributed by atoms with E-state index in [2.05, 4.69) is 4.74 Å². The van der Waals surface area contributed by atoms with Crippen LogP contribution in [0, 0.1) is 0 Å². The molecule has 0 aromatic heterocycles. The van der Waals surface area contributed by atoms with Crippen molar-refractivity contribution in [1.29, 1.82) is 0 Å². The smallest absolute Gasteiger partial charge is 0.422 e. The molecule has 0 saturated carbocycles. The molecule has 0 atom stereocenters. The van der Waals surface area contributed by atoms with Crippen LogP contribution in [0.5, 0.6) is 0 Å². The molecule has 0 saturated heterocycles. The Balaban J connectivity index is 2.92. The molecule has 20 heavy (non-hydrogen) atoms. The predicted molar refractivity (Wildman–Crippen MR) is 64.4 cm³/mol. The first-order chi connectivity index (χ1) is 9.10. The lowest BCUT2D eigenvalue weighted by atomic mass is 10.2. The second kappa shape index (κ2) is 6.19. The molecule has 5 nitrogen and oxygen atoms in total. The zero-order valence-corrected chi connectivity index (χ0v) is 10.9. The van der Waals surface area contributed by atoms with Crippen LogP contribution in [0.4, 0.5) is 23.7 Å². The van der Waals surface area contributed by atoms with Crippen LogP contribution >= 0.6 is 23.2 Å². The number of nitrogens with one attached hydrogen (secondary N) is 1. The zero-order chi connectivity index (χ0) is 15.5. The third kappa shape index (κ3) is 4.78. The van der Waals surface area contributed by atoms with Gasteiger partial charge in [-0.25, -0.2) is 9.59 Å². The largest absolute Gasteiger partial charge is 0.478 e. The van der Waals surface area contributed by atoms with Gasteiger partial charge in [0.15, 0.2) is 6.61 Å². The van der Waals surface area contributed by atoms with Crippen molar-refractivity contribution in [2.75, 3.05) is 11.9 Å². The highest BCUT2D eigenvalue weighted by atomic mass is 35.5. The summed E-state index contributed by atoms with van der Waals surface area (Å²) in [5.41, 5.74) is -0.887. The molecule has 2 N–H and O–H groups in total. The van der Waals surface area contributed by atoms with Crippen LogP contribution in [-0.2, 0) is 4.74 Å². The fourth-order valence-electron chi connectivity index (χ4n) is 1.15. The Bertz CT molecular complexity index is 548. The van der Waals surface area contributed by atoms with Crippen LogP contribution in [-0.4, -0.2) is 30.0 Å². The number of carbonyl (C=O) groups excluding carboxylic acids is 1. The number of carboxylic acids is 1. The van der Waals surface area contributed by atoms with Gasteiger partial charge in [-0.15, -0.1) is 0 Å². The highest BCUT2D eigenvalue weighted by Gasteiger charge is 2.30. The number of halogens is 5. The van der Waals surface area contributed by atoms with Crippen molar-refractivity contribution in [1.82, 2.24) is 0 Å². The first-order valence-corrected chi connectivity index (χ1v) is 5.58. The molecule has 1 aromatic carbocycles. The number of benzene rings is 1. The first kappa shape index (κ1) is 16.4. The van der Waals surface area contributed by atoms with Crippen LogP contribution in [0.3, 0.4) is 0 Å². The zero-order valence-electron chi connectivity index (χ0n) is 9.42. The van der Waals surface area contributed by atoms with Crippen molar-refractivity contribution < 1.29 is 32.6 Å². The molecule has 0 unspecified atom stereocenters. The molecular formula is C10H6Cl2F3NO4. The summed E-state index contributed by atoms with van der Waals surface area (Å²) in [4.78, 5) is 22.1. The van der Waals surface area contributed by atoms with Crippen molar-refractivity contribution in [3.05, 3.63) is 27.7 Å². The van der Waals surface area contributed by atoms with Gasteiger partial charge in [0, 0.05) is 5.02 Å². The van der Waals surface area contributed by atoms with Crippen LogP contribution in [0.2, 0.25) is 10.0 Å². The average molecular weight is 332 g/mol. The number of rotatable bonds is 3. The number of carbonyl (C=O) groups is 2. The first-order valence-electron chi connectivity index (χ1n) is 4.83. The Hall–Kier alpha value is -1.67. The highest BCUT2D eigenvalue weighted by Crippen LogP contribution is 2.30. The van der Waals surface area contributed by atoms with E-state index in [4.69, 9.17) is 28.3 Å². The van der Waals surface area contributed by atoms with E-state index in [1.165, 1.54) is 0 Å². The third-order valence-corrected chi connectivity index (χ3v) is 2.40. The molecule has 1 rings (SSSR count). The minimum absolute atomic E-state index is 0.0124. The Labute approximate surface area is 120 Å². The standard InChI is InChI=1S/C10H6Cl2F3NO4/c11-4-1-5(8(17)18)7(6(12)2-4)16-9(19)20-3-10(13,14)15/h1-2H,3H2,(H,16,19)(H,17,18). The van der Waals surface area contributed by atoms with Crippen LogP contribution in [0.25, 0.3) is 0 Å². The summed E-state index contributed by atoms with van der Waals surface area (Å²) in [7, 11) is 0. The number of amides is 1. The normalized spacial score (nSPS) is 11.1. The van der Waals surface area contributed by atoms with Gasteiger partial charge in [0.25, 0.3) is 0 Å². The van der Waals surface area contributed by atoms with Crippen LogP contribution in [0.15, 0.2) is 12.1 Å².